The van der Waals surface area contributed by atoms with Crippen LogP contribution in [0.2, 0.25) is 5.02 Å². The van der Waals surface area contributed by atoms with Gasteiger partial charge in [0.05, 0.1) is 24.8 Å². The van der Waals surface area contributed by atoms with Crippen LogP contribution in [0.3, 0.4) is 0 Å². The molecule has 0 amide bonds. The van der Waals surface area contributed by atoms with E-state index in [0.717, 1.165) is 37.4 Å². The third-order valence-corrected chi connectivity index (χ3v) is 7.70. The number of benzene rings is 1. The van der Waals surface area contributed by atoms with Crippen LogP contribution in [0, 0.1) is 30.0 Å². The van der Waals surface area contributed by atoms with E-state index in [-0.39, 0.29) is 16.5 Å². The van der Waals surface area contributed by atoms with Crippen LogP contribution in [-0.4, -0.2) is 57.1 Å². The molecule has 36 heavy (non-hydrogen) atoms. The zero-order chi connectivity index (χ0) is 24.9. The number of halogens is 2. The highest BCUT2D eigenvalue weighted by Gasteiger charge is 2.43. The van der Waals surface area contributed by atoms with Crippen molar-refractivity contribution >= 4 is 23.4 Å². The minimum Gasteiger partial charge on any atom is -0.424 e. The summed E-state index contributed by atoms with van der Waals surface area (Å²) in [6, 6.07) is 6.93. The van der Waals surface area contributed by atoms with Crippen LogP contribution in [0.15, 0.2) is 30.6 Å². The highest BCUT2D eigenvalue weighted by Crippen LogP contribution is 2.40. The van der Waals surface area contributed by atoms with E-state index in [1.165, 1.54) is 18.2 Å². The molecule has 1 aromatic carbocycles. The maximum absolute atomic E-state index is 13.6. The molecule has 3 fully saturated rings. The largest absolute Gasteiger partial charge is 0.424 e. The SMILES string of the molecule is Cc1cc(N2CC3CCC(C2)C3Nc2nc(Oc3ccc(F)c(Cl)c3)n(CC3(C)COC3)n2)ncn1. The molecule has 3 aliphatic rings. The van der Waals surface area contributed by atoms with Gasteiger partial charge in [-0.15, -0.1) is 5.10 Å². The lowest BCUT2D eigenvalue weighted by Crippen LogP contribution is -2.48. The average Bonchev–Trinajstić information content (AvgIpc) is 3.29. The molecule has 190 valence electrons. The Hall–Kier alpha value is -2.98. The van der Waals surface area contributed by atoms with Crippen LogP contribution in [0.1, 0.15) is 25.5 Å². The van der Waals surface area contributed by atoms with E-state index in [9.17, 15) is 4.39 Å². The summed E-state index contributed by atoms with van der Waals surface area (Å²) in [6.45, 7) is 7.91. The third-order valence-electron chi connectivity index (χ3n) is 7.41. The quantitative estimate of drug-likeness (QED) is 0.499. The number of rotatable bonds is 7. The Morgan fingerprint density at radius 2 is 1.97 bits per heavy atom. The van der Waals surface area contributed by atoms with Crippen molar-refractivity contribution in [2.24, 2.45) is 17.3 Å². The van der Waals surface area contributed by atoms with Gasteiger partial charge in [-0.3, -0.25) is 0 Å². The van der Waals surface area contributed by atoms with E-state index in [1.807, 2.05) is 13.0 Å². The summed E-state index contributed by atoms with van der Waals surface area (Å²) in [5.74, 6) is 2.36. The van der Waals surface area contributed by atoms with E-state index < -0.39 is 5.82 Å². The van der Waals surface area contributed by atoms with Crippen molar-refractivity contribution in [3.05, 3.63) is 47.1 Å². The summed E-state index contributed by atoms with van der Waals surface area (Å²) in [7, 11) is 0. The van der Waals surface area contributed by atoms with Crippen LogP contribution in [0.25, 0.3) is 0 Å². The van der Waals surface area contributed by atoms with Gasteiger partial charge in [0.15, 0.2) is 0 Å². The van der Waals surface area contributed by atoms with Gasteiger partial charge in [0, 0.05) is 42.4 Å². The molecule has 2 aliphatic heterocycles. The molecule has 1 aliphatic carbocycles. The van der Waals surface area contributed by atoms with E-state index in [1.54, 1.807) is 11.0 Å². The Labute approximate surface area is 214 Å². The van der Waals surface area contributed by atoms with Gasteiger partial charge < -0.3 is 19.7 Å². The Bertz CT molecular complexity index is 1250. The third kappa shape index (κ3) is 4.59. The number of hydrogen-bond donors (Lipinski definition) is 1. The minimum atomic E-state index is -0.495. The van der Waals surface area contributed by atoms with Crippen molar-refractivity contribution in [3.63, 3.8) is 0 Å². The number of aryl methyl sites for hydroxylation is 1. The molecule has 6 rings (SSSR count). The van der Waals surface area contributed by atoms with Crippen molar-refractivity contribution in [2.45, 2.75) is 39.3 Å². The molecule has 1 saturated carbocycles. The molecule has 1 N–H and O–H groups in total. The molecule has 0 radical (unpaired) electrons. The van der Waals surface area contributed by atoms with Gasteiger partial charge in [-0.2, -0.15) is 4.98 Å². The molecule has 2 bridgehead atoms. The summed E-state index contributed by atoms with van der Waals surface area (Å²) in [5.41, 5.74) is 0.937. The van der Waals surface area contributed by atoms with Crippen LogP contribution >= 0.6 is 11.6 Å². The number of nitrogens with one attached hydrogen (secondary N) is 1. The normalized spacial score (nSPS) is 24.4. The van der Waals surface area contributed by atoms with Crippen molar-refractivity contribution in [2.75, 3.05) is 36.5 Å². The molecule has 2 unspecified atom stereocenters. The number of aromatic nitrogens is 5. The number of anilines is 2. The van der Waals surface area contributed by atoms with Crippen molar-refractivity contribution in [3.8, 4) is 11.8 Å². The fraction of sp³-hybridized carbons (Fsp3) is 0.520. The molecule has 2 atom stereocenters. The lowest BCUT2D eigenvalue weighted by Gasteiger charge is -2.38. The fourth-order valence-corrected chi connectivity index (χ4v) is 5.69. The van der Waals surface area contributed by atoms with E-state index in [4.69, 9.17) is 26.2 Å². The van der Waals surface area contributed by atoms with E-state index in [0.29, 0.717) is 49.3 Å². The summed E-state index contributed by atoms with van der Waals surface area (Å²) < 4.78 is 26.8. The highest BCUT2D eigenvalue weighted by atomic mass is 35.5. The Morgan fingerprint density at radius 1 is 1.19 bits per heavy atom. The molecular weight excluding hydrogens is 485 g/mol. The second-order valence-corrected chi connectivity index (χ2v) is 11.0. The molecule has 11 heteroatoms. The average molecular weight is 514 g/mol. The summed E-state index contributed by atoms with van der Waals surface area (Å²) in [5, 5.41) is 8.38. The summed E-state index contributed by atoms with van der Waals surface area (Å²) >= 11 is 5.96. The maximum atomic E-state index is 13.6. The minimum absolute atomic E-state index is 0.00140. The van der Waals surface area contributed by atoms with Crippen LogP contribution in [0.5, 0.6) is 11.8 Å². The smallest absolute Gasteiger partial charge is 0.322 e. The summed E-state index contributed by atoms with van der Waals surface area (Å²) in [6.07, 6.45) is 3.93. The van der Waals surface area contributed by atoms with Gasteiger partial charge in [0.25, 0.3) is 0 Å². The van der Waals surface area contributed by atoms with Crippen LogP contribution < -0.4 is 15.0 Å². The van der Waals surface area contributed by atoms with Gasteiger partial charge >= 0.3 is 6.01 Å². The molecule has 2 aromatic heterocycles. The number of fused-ring (bicyclic) bond motifs is 2. The number of nitrogens with zero attached hydrogens (tertiary/aromatic N) is 6. The predicted molar refractivity (Wildman–Crippen MR) is 133 cm³/mol. The zero-order valence-corrected chi connectivity index (χ0v) is 21.1. The van der Waals surface area contributed by atoms with Gasteiger partial charge in [0.2, 0.25) is 5.95 Å². The van der Waals surface area contributed by atoms with E-state index in [2.05, 4.69) is 32.1 Å². The van der Waals surface area contributed by atoms with Crippen molar-refractivity contribution < 1.29 is 13.9 Å². The van der Waals surface area contributed by atoms with Gasteiger partial charge in [-0.25, -0.2) is 19.0 Å². The molecule has 0 spiro atoms. The first-order valence-electron chi connectivity index (χ1n) is 12.3. The molecule has 2 saturated heterocycles. The van der Waals surface area contributed by atoms with Crippen molar-refractivity contribution in [1.82, 2.24) is 24.7 Å². The molecule has 4 heterocycles. The van der Waals surface area contributed by atoms with Crippen molar-refractivity contribution in [1.29, 1.82) is 0 Å². The maximum Gasteiger partial charge on any atom is 0.322 e. The number of hydrogen-bond acceptors (Lipinski definition) is 8. The Morgan fingerprint density at radius 3 is 2.64 bits per heavy atom. The number of ether oxygens (including phenoxy) is 2. The zero-order valence-electron chi connectivity index (χ0n) is 20.3. The predicted octanol–water partition coefficient (Wildman–Crippen LogP) is 4.32. The van der Waals surface area contributed by atoms with Gasteiger partial charge in [-0.05, 0) is 43.7 Å². The lowest BCUT2D eigenvalue weighted by molar-refractivity contribution is -0.112. The highest BCUT2D eigenvalue weighted by molar-refractivity contribution is 6.30. The van der Waals surface area contributed by atoms with Gasteiger partial charge in [0.1, 0.15) is 23.7 Å². The number of piperidine rings is 1. The first-order valence-corrected chi connectivity index (χ1v) is 12.7. The molecular formula is C25H29ClFN7O2. The Kier molecular flexibility index (Phi) is 5.95. The second kappa shape index (κ2) is 9.15. The second-order valence-electron chi connectivity index (χ2n) is 10.5. The van der Waals surface area contributed by atoms with Crippen LogP contribution in [-0.2, 0) is 11.3 Å². The van der Waals surface area contributed by atoms with Gasteiger partial charge in [-0.1, -0.05) is 18.5 Å². The topological polar surface area (TPSA) is 90.2 Å². The fourth-order valence-electron chi connectivity index (χ4n) is 5.52. The molecule has 9 nitrogen and oxygen atoms in total. The van der Waals surface area contributed by atoms with Crippen LogP contribution in [0.4, 0.5) is 16.2 Å². The standard InChI is InChI=1S/C25H29ClFN7O2/c1-15-7-21(29-14-28-15)33-9-16-3-4-17(10-33)22(16)30-23-31-24(34(32-23)11-25(2)12-35-13-25)36-18-5-6-20(27)19(26)8-18/h5-8,14,16-17,22H,3-4,9-13H2,1-2H3,(H,30,32). The monoisotopic (exact) mass is 513 g/mol. The Balaban J connectivity index is 1.21. The lowest BCUT2D eigenvalue weighted by atomic mass is 9.89. The van der Waals surface area contributed by atoms with E-state index >= 15 is 0 Å². The molecule has 3 aromatic rings. The first kappa shape index (κ1) is 23.4. The first-order chi connectivity index (χ1) is 17.3. The summed E-state index contributed by atoms with van der Waals surface area (Å²) in [4.78, 5) is 15.8.